The van der Waals surface area contributed by atoms with Gasteiger partial charge in [0.15, 0.2) is 0 Å². The lowest BCUT2D eigenvalue weighted by molar-refractivity contribution is -0.129. The number of carbonyl (C=O) groups excluding carboxylic acids is 1. The highest BCUT2D eigenvalue weighted by Gasteiger charge is 2.25. The minimum absolute atomic E-state index is 0.157. The summed E-state index contributed by atoms with van der Waals surface area (Å²) in [7, 11) is 0. The molecule has 0 aromatic heterocycles. The van der Waals surface area contributed by atoms with Crippen LogP contribution in [0, 0.1) is 10.8 Å². The molecule has 2 heteroatoms. The Hall–Kier alpha value is -0.530. The van der Waals surface area contributed by atoms with Crippen LogP contribution in [0.3, 0.4) is 0 Å². The zero-order valence-electron chi connectivity index (χ0n) is 9.82. The van der Waals surface area contributed by atoms with Gasteiger partial charge in [-0.25, -0.2) is 0 Å². The first kappa shape index (κ1) is 12.5. The van der Waals surface area contributed by atoms with Crippen molar-refractivity contribution in [3.05, 3.63) is 0 Å². The normalized spacial score (nSPS) is 12.8. The van der Waals surface area contributed by atoms with E-state index in [0.29, 0.717) is 0 Å². The van der Waals surface area contributed by atoms with Crippen LogP contribution in [0.5, 0.6) is 0 Å². The molecule has 0 aliphatic heterocycles. The SMILES string of the molecule is CCC(C)(C)C(=O)NCC(C)(C)C. The average molecular weight is 185 g/mol. The molecule has 0 fully saturated rings. The van der Waals surface area contributed by atoms with E-state index in [-0.39, 0.29) is 16.7 Å². The van der Waals surface area contributed by atoms with Gasteiger partial charge < -0.3 is 5.32 Å². The van der Waals surface area contributed by atoms with Crippen molar-refractivity contribution in [2.45, 2.75) is 48.0 Å². The Balaban J connectivity index is 4.03. The zero-order valence-corrected chi connectivity index (χ0v) is 9.82. The molecule has 0 heterocycles. The summed E-state index contributed by atoms with van der Waals surface area (Å²) in [4.78, 5) is 11.6. The molecule has 1 N–H and O–H groups in total. The van der Waals surface area contributed by atoms with E-state index in [1.807, 2.05) is 20.8 Å². The fraction of sp³-hybridized carbons (Fsp3) is 0.909. The molecule has 13 heavy (non-hydrogen) atoms. The summed E-state index contributed by atoms with van der Waals surface area (Å²) in [5.74, 6) is 0.157. The van der Waals surface area contributed by atoms with Gasteiger partial charge >= 0.3 is 0 Å². The molecule has 0 aromatic carbocycles. The topological polar surface area (TPSA) is 29.1 Å². The maximum Gasteiger partial charge on any atom is 0.225 e. The van der Waals surface area contributed by atoms with E-state index in [9.17, 15) is 4.79 Å². The molecule has 0 aromatic rings. The maximum atomic E-state index is 11.6. The van der Waals surface area contributed by atoms with E-state index >= 15 is 0 Å². The molecule has 1 amide bonds. The fourth-order valence-corrected chi connectivity index (χ4v) is 0.745. The van der Waals surface area contributed by atoms with E-state index in [4.69, 9.17) is 0 Å². The number of hydrogen-bond acceptors (Lipinski definition) is 1. The third-order valence-corrected chi connectivity index (χ3v) is 2.28. The van der Waals surface area contributed by atoms with Gasteiger partial charge in [0.05, 0.1) is 0 Å². The summed E-state index contributed by atoms with van der Waals surface area (Å²) < 4.78 is 0. The van der Waals surface area contributed by atoms with Crippen molar-refractivity contribution >= 4 is 5.91 Å². The second kappa shape index (κ2) is 4.12. The lowest BCUT2D eigenvalue weighted by Crippen LogP contribution is -2.40. The quantitative estimate of drug-likeness (QED) is 0.719. The first-order valence-corrected chi connectivity index (χ1v) is 4.97. The minimum atomic E-state index is -0.231. The van der Waals surface area contributed by atoms with Crippen LogP contribution in [0.4, 0.5) is 0 Å². The molecular weight excluding hydrogens is 162 g/mol. The summed E-state index contributed by atoms with van der Waals surface area (Å²) in [6, 6.07) is 0. The maximum absolute atomic E-state index is 11.6. The van der Waals surface area contributed by atoms with Crippen molar-refractivity contribution in [3.63, 3.8) is 0 Å². The predicted molar refractivity (Wildman–Crippen MR) is 56.5 cm³/mol. The van der Waals surface area contributed by atoms with Gasteiger partial charge in [-0.05, 0) is 11.8 Å². The summed E-state index contributed by atoms with van der Waals surface area (Å²) in [5, 5.41) is 2.97. The highest BCUT2D eigenvalue weighted by atomic mass is 16.2. The Morgan fingerprint density at radius 3 is 1.92 bits per heavy atom. The molecule has 0 spiro atoms. The van der Waals surface area contributed by atoms with Gasteiger partial charge in [-0.3, -0.25) is 4.79 Å². The summed E-state index contributed by atoms with van der Waals surface area (Å²) in [6.07, 6.45) is 0.878. The van der Waals surface area contributed by atoms with Crippen LogP contribution in [0.2, 0.25) is 0 Å². The molecular formula is C11H23NO. The van der Waals surface area contributed by atoms with Gasteiger partial charge in [-0.15, -0.1) is 0 Å². The van der Waals surface area contributed by atoms with Crippen molar-refractivity contribution in [1.82, 2.24) is 5.32 Å². The van der Waals surface area contributed by atoms with E-state index in [1.54, 1.807) is 0 Å². The Bertz CT molecular complexity index is 177. The molecule has 0 atom stereocenters. The van der Waals surface area contributed by atoms with Crippen LogP contribution in [-0.4, -0.2) is 12.5 Å². The smallest absolute Gasteiger partial charge is 0.225 e. The molecule has 0 saturated heterocycles. The largest absolute Gasteiger partial charge is 0.355 e. The number of hydrogen-bond donors (Lipinski definition) is 1. The second-order valence-corrected chi connectivity index (χ2v) is 5.48. The van der Waals surface area contributed by atoms with Crippen molar-refractivity contribution < 1.29 is 4.79 Å². The third-order valence-electron chi connectivity index (χ3n) is 2.28. The van der Waals surface area contributed by atoms with Crippen molar-refractivity contribution in [2.24, 2.45) is 10.8 Å². The lowest BCUT2D eigenvalue weighted by Gasteiger charge is -2.25. The average Bonchev–Trinajstić information content (AvgIpc) is 1.98. The van der Waals surface area contributed by atoms with E-state index < -0.39 is 0 Å². The molecule has 0 aliphatic carbocycles. The van der Waals surface area contributed by atoms with Crippen molar-refractivity contribution in [1.29, 1.82) is 0 Å². The van der Waals surface area contributed by atoms with Crippen LogP contribution < -0.4 is 5.32 Å². The van der Waals surface area contributed by atoms with Gasteiger partial charge in [0, 0.05) is 12.0 Å². The fourth-order valence-electron chi connectivity index (χ4n) is 0.745. The van der Waals surface area contributed by atoms with Gasteiger partial charge in [0.1, 0.15) is 0 Å². The first-order chi connectivity index (χ1) is 5.69. The molecule has 0 bridgehead atoms. The molecule has 0 radical (unpaired) electrons. The molecule has 0 rings (SSSR count). The van der Waals surface area contributed by atoms with Crippen LogP contribution in [0.15, 0.2) is 0 Å². The van der Waals surface area contributed by atoms with Crippen molar-refractivity contribution in [3.8, 4) is 0 Å². The molecule has 0 unspecified atom stereocenters. The second-order valence-electron chi connectivity index (χ2n) is 5.48. The molecule has 78 valence electrons. The van der Waals surface area contributed by atoms with E-state index in [2.05, 4.69) is 26.1 Å². The van der Waals surface area contributed by atoms with Crippen LogP contribution >= 0.6 is 0 Å². The minimum Gasteiger partial charge on any atom is -0.355 e. The van der Waals surface area contributed by atoms with Gasteiger partial charge in [0.25, 0.3) is 0 Å². The monoisotopic (exact) mass is 185 g/mol. The van der Waals surface area contributed by atoms with Crippen LogP contribution in [0.25, 0.3) is 0 Å². The van der Waals surface area contributed by atoms with Gasteiger partial charge in [-0.1, -0.05) is 41.5 Å². The molecule has 0 aliphatic rings. The molecule has 2 nitrogen and oxygen atoms in total. The van der Waals surface area contributed by atoms with E-state index in [1.165, 1.54) is 0 Å². The number of nitrogens with one attached hydrogen (secondary N) is 1. The third kappa shape index (κ3) is 4.91. The Labute approximate surface area is 82.1 Å². The van der Waals surface area contributed by atoms with E-state index in [0.717, 1.165) is 13.0 Å². The first-order valence-electron chi connectivity index (χ1n) is 4.97. The van der Waals surface area contributed by atoms with Crippen LogP contribution in [-0.2, 0) is 4.79 Å². The van der Waals surface area contributed by atoms with Gasteiger partial charge in [0.2, 0.25) is 5.91 Å². The molecule has 0 saturated carbocycles. The standard InChI is InChI=1S/C11H23NO/c1-7-11(5,6)9(13)12-8-10(2,3)4/h7-8H2,1-6H3,(H,12,13). The highest BCUT2D eigenvalue weighted by Crippen LogP contribution is 2.20. The number of carbonyl (C=O) groups is 1. The number of rotatable bonds is 3. The highest BCUT2D eigenvalue weighted by molar-refractivity contribution is 5.81. The van der Waals surface area contributed by atoms with Crippen LogP contribution in [0.1, 0.15) is 48.0 Å². The predicted octanol–water partition coefficient (Wildman–Crippen LogP) is 2.58. The van der Waals surface area contributed by atoms with Gasteiger partial charge in [-0.2, -0.15) is 0 Å². The summed E-state index contributed by atoms with van der Waals surface area (Å²) in [5.41, 5.74) is -0.0648. The zero-order chi connectivity index (χ0) is 10.7. The lowest BCUT2D eigenvalue weighted by atomic mass is 9.88. The number of amides is 1. The van der Waals surface area contributed by atoms with Crippen molar-refractivity contribution in [2.75, 3.05) is 6.54 Å². The Kier molecular flexibility index (Phi) is 3.95. The Morgan fingerprint density at radius 2 is 1.62 bits per heavy atom. The summed E-state index contributed by atoms with van der Waals surface area (Å²) in [6.45, 7) is 13.1. The summed E-state index contributed by atoms with van der Waals surface area (Å²) >= 11 is 0. The Morgan fingerprint density at radius 1 is 1.15 bits per heavy atom.